The first-order valence-corrected chi connectivity index (χ1v) is 8.81. The molecule has 1 fully saturated rings. The van der Waals surface area contributed by atoms with Crippen molar-refractivity contribution in [2.45, 2.75) is 18.8 Å². The number of nitrogen functional groups attached to an aromatic ring is 1. The lowest BCUT2D eigenvalue weighted by Crippen LogP contribution is -2.12. The van der Waals surface area contributed by atoms with Crippen LogP contribution in [-0.2, 0) is 11.8 Å². The first-order chi connectivity index (χ1) is 10.7. The molecule has 0 bridgehead atoms. The van der Waals surface area contributed by atoms with Crippen LogP contribution in [0.1, 0.15) is 24.6 Å². The molecule has 1 aliphatic rings. The SMILES string of the molecule is COCCOc1cc2nc(C3CCSCC3)n(C)c2cc1N. The van der Waals surface area contributed by atoms with E-state index < -0.39 is 0 Å². The Bertz CT molecular complexity index is 650. The van der Waals surface area contributed by atoms with Gasteiger partial charge in [0.05, 0.1) is 23.3 Å². The number of benzene rings is 1. The van der Waals surface area contributed by atoms with E-state index in [0.717, 1.165) is 11.0 Å². The van der Waals surface area contributed by atoms with Crippen LogP contribution in [0.3, 0.4) is 0 Å². The molecule has 0 amide bonds. The van der Waals surface area contributed by atoms with Gasteiger partial charge in [-0.25, -0.2) is 4.98 Å². The van der Waals surface area contributed by atoms with Crippen LogP contribution in [0.2, 0.25) is 0 Å². The van der Waals surface area contributed by atoms with Crippen molar-refractivity contribution in [3.8, 4) is 5.75 Å². The molecule has 3 rings (SSSR count). The third-order valence-corrected chi connectivity index (χ3v) is 5.23. The average Bonchev–Trinajstić information content (AvgIpc) is 2.85. The number of aryl methyl sites for hydroxylation is 1. The molecule has 22 heavy (non-hydrogen) atoms. The third kappa shape index (κ3) is 3.03. The van der Waals surface area contributed by atoms with Crippen LogP contribution in [0.25, 0.3) is 11.0 Å². The molecule has 0 unspecified atom stereocenters. The molecule has 1 aromatic heterocycles. The number of hydrogen-bond acceptors (Lipinski definition) is 5. The van der Waals surface area contributed by atoms with E-state index in [-0.39, 0.29) is 0 Å². The van der Waals surface area contributed by atoms with E-state index in [1.165, 1.54) is 30.2 Å². The van der Waals surface area contributed by atoms with Gasteiger partial charge in [0, 0.05) is 26.1 Å². The van der Waals surface area contributed by atoms with Gasteiger partial charge in [-0.3, -0.25) is 0 Å². The summed E-state index contributed by atoms with van der Waals surface area (Å²) in [4.78, 5) is 4.85. The molecule has 2 heterocycles. The summed E-state index contributed by atoms with van der Waals surface area (Å²) in [5, 5.41) is 0. The highest BCUT2D eigenvalue weighted by Gasteiger charge is 2.22. The monoisotopic (exact) mass is 321 g/mol. The summed E-state index contributed by atoms with van der Waals surface area (Å²) in [6.45, 7) is 1.04. The number of anilines is 1. The molecule has 0 saturated carbocycles. The molecular weight excluding hydrogens is 298 g/mol. The van der Waals surface area contributed by atoms with Crippen LogP contribution in [0.4, 0.5) is 5.69 Å². The number of ether oxygens (including phenoxy) is 2. The van der Waals surface area contributed by atoms with Crippen molar-refractivity contribution in [1.29, 1.82) is 0 Å². The van der Waals surface area contributed by atoms with E-state index in [1.54, 1.807) is 7.11 Å². The summed E-state index contributed by atoms with van der Waals surface area (Å²) < 4.78 is 12.9. The minimum atomic E-state index is 0.492. The number of methoxy groups -OCH3 is 1. The molecule has 120 valence electrons. The van der Waals surface area contributed by atoms with Gasteiger partial charge in [0.2, 0.25) is 0 Å². The van der Waals surface area contributed by atoms with E-state index in [4.69, 9.17) is 20.2 Å². The number of nitrogens with two attached hydrogens (primary N) is 1. The molecule has 1 saturated heterocycles. The van der Waals surface area contributed by atoms with E-state index in [1.807, 2.05) is 23.9 Å². The van der Waals surface area contributed by atoms with Gasteiger partial charge in [-0.05, 0) is 30.4 Å². The Morgan fingerprint density at radius 1 is 1.32 bits per heavy atom. The second-order valence-electron chi connectivity index (χ2n) is 5.64. The first kappa shape index (κ1) is 15.5. The predicted octanol–water partition coefficient (Wildman–Crippen LogP) is 2.79. The largest absolute Gasteiger partial charge is 0.489 e. The molecule has 0 atom stereocenters. The highest BCUT2D eigenvalue weighted by atomic mass is 32.2. The lowest BCUT2D eigenvalue weighted by Gasteiger charge is -2.20. The van der Waals surface area contributed by atoms with Crippen molar-refractivity contribution in [3.63, 3.8) is 0 Å². The zero-order valence-electron chi connectivity index (χ0n) is 13.2. The van der Waals surface area contributed by atoms with Crippen LogP contribution in [-0.4, -0.2) is 41.4 Å². The Morgan fingerprint density at radius 3 is 2.82 bits per heavy atom. The molecule has 1 aromatic carbocycles. The van der Waals surface area contributed by atoms with Crippen molar-refractivity contribution in [3.05, 3.63) is 18.0 Å². The highest BCUT2D eigenvalue weighted by Crippen LogP contribution is 2.34. The maximum Gasteiger partial charge on any atom is 0.144 e. The summed E-state index contributed by atoms with van der Waals surface area (Å²) in [6, 6.07) is 3.91. The van der Waals surface area contributed by atoms with E-state index >= 15 is 0 Å². The zero-order valence-corrected chi connectivity index (χ0v) is 14.0. The molecule has 1 aliphatic heterocycles. The Balaban J connectivity index is 1.91. The normalized spacial score (nSPS) is 16.3. The molecular formula is C16H23N3O2S. The van der Waals surface area contributed by atoms with Crippen LogP contribution >= 0.6 is 11.8 Å². The smallest absolute Gasteiger partial charge is 0.144 e. The summed E-state index contributed by atoms with van der Waals surface area (Å²) in [7, 11) is 3.74. The number of fused-ring (bicyclic) bond motifs is 1. The number of imidazole rings is 1. The molecule has 2 aromatic rings. The van der Waals surface area contributed by atoms with Gasteiger partial charge >= 0.3 is 0 Å². The summed E-state index contributed by atoms with van der Waals surface area (Å²) in [6.07, 6.45) is 2.41. The number of aromatic nitrogens is 2. The fourth-order valence-electron chi connectivity index (χ4n) is 2.93. The maximum absolute atomic E-state index is 6.12. The van der Waals surface area contributed by atoms with Gasteiger partial charge in [-0.15, -0.1) is 0 Å². The van der Waals surface area contributed by atoms with E-state index in [0.29, 0.717) is 30.6 Å². The standard InChI is InChI=1S/C16H23N3O2S/c1-19-14-9-12(17)15(21-6-5-20-2)10-13(14)18-16(19)11-3-7-22-8-4-11/h9-11H,3-8,17H2,1-2H3. The second kappa shape index (κ2) is 6.79. The molecule has 2 N–H and O–H groups in total. The van der Waals surface area contributed by atoms with Gasteiger partial charge in [0.15, 0.2) is 0 Å². The zero-order chi connectivity index (χ0) is 15.5. The van der Waals surface area contributed by atoms with Gasteiger partial charge in [0.25, 0.3) is 0 Å². The van der Waals surface area contributed by atoms with Crippen LogP contribution in [0.5, 0.6) is 5.75 Å². The molecule has 0 spiro atoms. The van der Waals surface area contributed by atoms with E-state index in [9.17, 15) is 0 Å². The number of rotatable bonds is 5. The van der Waals surface area contributed by atoms with Gasteiger partial charge < -0.3 is 19.8 Å². The van der Waals surface area contributed by atoms with Crippen LogP contribution in [0.15, 0.2) is 12.1 Å². The van der Waals surface area contributed by atoms with Crippen LogP contribution in [0, 0.1) is 0 Å². The average molecular weight is 321 g/mol. The Labute approximate surface area is 135 Å². The topological polar surface area (TPSA) is 62.3 Å². The fraction of sp³-hybridized carbons (Fsp3) is 0.562. The van der Waals surface area contributed by atoms with Crippen molar-refractivity contribution >= 4 is 28.5 Å². The quantitative estimate of drug-likeness (QED) is 0.678. The predicted molar refractivity (Wildman–Crippen MR) is 91.8 cm³/mol. The fourth-order valence-corrected chi connectivity index (χ4v) is 4.04. The van der Waals surface area contributed by atoms with Gasteiger partial charge in [-0.1, -0.05) is 0 Å². The minimum absolute atomic E-state index is 0.492. The third-order valence-electron chi connectivity index (χ3n) is 4.18. The van der Waals surface area contributed by atoms with Gasteiger partial charge in [-0.2, -0.15) is 11.8 Å². The molecule has 0 aliphatic carbocycles. The Hall–Kier alpha value is -1.40. The summed E-state index contributed by atoms with van der Waals surface area (Å²) in [5.41, 5.74) is 8.80. The van der Waals surface area contributed by atoms with E-state index in [2.05, 4.69) is 11.6 Å². The Morgan fingerprint density at radius 2 is 2.09 bits per heavy atom. The van der Waals surface area contributed by atoms with Crippen molar-refractivity contribution < 1.29 is 9.47 Å². The van der Waals surface area contributed by atoms with Crippen molar-refractivity contribution in [2.24, 2.45) is 7.05 Å². The van der Waals surface area contributed by atoms with Crippen molar-refractivity contribution in [1.82, 2.24) is 9.55 Å². The molecule has 0 radical (unpaired) electrons. The molecule has 6 heteroatoms. The lowest BCUT2D eigenvalue weighted by molar-refractivity contribution is 0.147. The minimum Gasteiger partial charge on any atom is -0.489 e. The summed E-state index contributed by atoms with van der Waals surface area (Å²) in [5.74, 6) is 4.86. The maximum atomic E-state index is 6.12. The lowest BCUT2D eigenvalue weighted by atomic mass is 10.0. The van der Waals surface area contributed by atoms with Crippen LogP contribution < -0.4 is 10.5 Å². The Kier molecular flexibility index (Phi) is 4.78. The highest BCUT2D eigenvalue weighted by molar-refractivity contribution is 7.99. The number of hydrogen-bond donors (Lipinski definition) is 1. The second-order valence-corrected chi connectivity index (χ2v) is 6.86. The molecule has 5 nitrogen and oxygen atoms in total. The first-order valence-electron chi connectivity index (χ1n) is 7.66. The number of nitrogens with zero attached hydrogens (tertiary/aromatic N) is 2. The van der Waals surface area contributed by atoms with Gasteiger partial charge in [0.1, 0.15) is 18.2 Å². The number of thioether (sulfide) groups is 1. The summed E-state index contributed by atoms with van der Waals surface area (Å²) >= 11 is 2.03. The van der Waals surface area contributed by atoms with Crippen molar-refractivity contribution in [2.75, 3.05) is 37.6 Å².